The minimum absolute atomic E-state index is 0.183. The zero-order chi connectivity index (χ0) is 15.5. The first-order valence-electron chi connectivity index (χ1n) is 7.04. The van der Waals surface area contributed by atoms with Crippen molar-refractivity contribution in [2.45, 2.75) is 25.9 Å². The van der Waals surface area contributed by atoms with Crippen LogP contribution < -0.4 is 10.1 Å². The monoisotopic (exact) mass is 359 g/mol. The van der Waals surface area contributed by atoms with Gasteiger partial charge in [-0.3, -0.25) is 4.79 Å². The third-order valence-corrected chi connectivity index (χ3v) is 3.15. The van der Waals surface area contributed by atoms with E-state index < -0.39 is 6.10 Å². The zero-order valence-electron chi connectivity index (χ0n) is 12.2. The number of hydrogen-bond acceptors (Lipinski definition) is 5. The molecular formula is C15H22BrNO4. The number of carbonyl (C=O) groups is 1. The maximum Gasteiger partial charge on any atom is 0.305 e. The van der Waals surface area contributed by atoms with Gasteiger partial charge in [0.25, 0.3) is 0 Å². The summed E-state index contributed by atoms with van der Waals surface area (Å²) in [5, 5.41) is 12.9. The van der Waals surface area contributed by atoms with Crippen LogP contribution in [0.15, 0.2) is 28.7 Å². The first-order valence-corrected chi connectivity index (χ1v) is 7.84. The summed E-state index contributed by atoms with van der Waals surface area (Å²) in [6, 6.07) is 7.47. The molecule has 0 aliphatic heterocycles. The molecule has 0 amide bonds. The van der Waals surface area contributed by atoms with Crippen LogP contribution in [0.1, 0.15) is 19.8 Å². The lowest BCUT2D eigenvalue weighted by atomic mass is 10.3. The van der Waals surface area contributed by atoms with Crippen molar-refractivity contribution in [1.29, 1.82) is 0 Å². The SMILES string of the molecule is CCOC(=O)CCCNCC(O)COc1cccc(Br)c1. The van der Waals surface area contributed by atoms with Gasteiger partial charge in [-0.05, 0) is 38.1 Å². The topological polar surface area (TPSA) is 67.8 Å². The molecule has 0 aliphatic rings. The first-order chi connectivity index (χ1) is 10.1. The van der Waals surface area contributed by atoms with Gasteiger partial charge in [0.15, 0.2) is 0 Å². The van der Waals surface area contributed by atoms with Gasteiger partial charge in [-0.15, -0.1) is 0 Å². The lowest BCUT2D eigenvalue weighted by Gasteiger charge is -2.13. The average molecular weight is 360 g/mol. The molecule has 0 heterocycles. The molecule has 1 unspecified atom stereocenters. The molecular weight excluding hydrogens is 338 g/mol. The van der Waals surface area contributed by atoms with E-state index in [2.05, 4.69) is 21.2 Å². The molecule has 0 aliphatic carbocycles. The molecule has 0 spiro atoms. The number of esters is 1. The quantitative estimate of drug-likeness (QED) is 0.494. The maximum atomic E-state index is 11.1. The number of ether oxygens (including phenoxy) is 2. The third-order valence-electron chi connectivity index (χ3n) is 2.66. The lowest BCUT2D eigenvalue weighted by Crippen LogP contribution is -2.32. The summed E-state index contributed by atoms with van der Waals surface area (Å²) < 4.78 is 11.2. The summed E-state index contributed by atoms with van der Waals surface area (Å²) in [4.78, 5) is 11.1. The first kappa shape index (κ1) is 17.9. The average Bonchev–Trinajstić information content (AvgIpc) is 2.45. The molecule has 5 nitrogen and oxygen atoms in total. The Balaban J connectivity index is 2.06. The van der Waals surface area contributed by atoms with Crippen molar-refractivity contribution < 1.29 is 19.4 Å². The van der Waals surface area contributed by atoms with Crippen LogP contribution >= 0.6 is 15.9 Å². The highest BCUT2D eigenvalue weighted by molar-refractivity contribution is 9.10. The third kappa shape index (κ3) is 8.70. The van der Waals surface area contributed by atoms with Gasteiger partial charge in [0.1, 0.15) is 18.5 Å². The Kier molecular flexibility index (Phi) is 9.05. The van der Waals surface area contributed by atoms with Gasteiger partial charge in [-0.2, -0.15) is 0 Å². The fraction of sp³-hybridized carbons (Fsp3) is 0.533. The van der Waals surface area contributed by atoms with Crippen LogP contribution in [0.3, 0.4) is 0 Å². The van der Waals surface area contributed by atoms with Crippen LogP contribution in [0.4, 0.5) is 0 Å². The van der Waals surface area contributed by atoms with E-state index in [1.807, 2.05) is 24.3 Å². The number of benzene rings is 1. The van der Waals surface area contributed by atoms with E-state index in [9.17, 15) is 9.90 Å². The lowest BCUT2D eigenvalue weighted by molar-refractivity contribution is -0.143. The van der Waals surface area contributed by atoms with Crippen molar-refractivity contribution in [3.05, 3.63) is 28.7 Å². The molecule has 1 rings (SSSR count). The number of rotatable bonds is 10. The van der Waals surface area contributed by atoms with Gasteiger partial charge >= 0.3 is 5.97 Å². The molecule has 0 saturated heterocycles. The molecule has 0 saturated carbocycles. The van der Waals surface area contributed by atoms with Crippen LogP contribution in [-0.4, -0.2) is 43.5 Å². The van der Waals surface area contributed by atoms with Crippen LogP contribution in [0, 0.1) is 0 Å². The summed E-state index contributed by atoms with van der Waals surface area (Å²) in [5.74, 6) is 0.531. The fourth-order valence-corrected chi connectivity index (χ4v) is 2.05. The second kappa shape index (κ2) is 10.6. The molecule has 0 bridgehead atoms. The van der Waals surface area contributed by atoms with Gasteiger partial charge in [-0.1, -0.05) is 22.0 Å². The minimum Gasteiger partial charge on any atom is -0.491 e. The van der Waals surface area contributed by atoms with E-state index in [0.29, 0.717) is 38.3 Å². The molecule has 2 N–H and O–H groups in total. The van der Waals surface area contributed by atoms with Gasteiger partial charge in [0, 0.05) is 17.4 Å². The Morgan fingerprint density at radius 3 is 3.00 bits per heavy atom. The number of hydrogen-bond donors (Lipinski definition) is 2. The van der Waals surface area contributed by atoms with Crippen molar-refractivity contribution >= 4 is 21.9 Å². The Morgan fingerprint density at radius 2 is 2.29 bits per heavy atom. The number of aliphatic hydroxyl groups is 1. The number of nitrogens with one attached hydrogen (secondary N) is 1. The van der Waals surface area contributed by atoms with Crippen LogP contribution in [-0.2, 0) is 9.53 Å². The second-order valence-electron chi connectivity index (χ2n) is 4.53. The Labute approximate surface area is 133 Å². The van der Waals surface area contributed by atoms with E-state index in [1.54, 1.807) is 6.92 Å². The van der Waals surface area contributed by atoms with Crippen molar-refractivity contribution in [2.75, 3.05) is 26.3 Å². The van der Waals surface area contributed by atoms with Crippen molar-refractivity contribution in [3.8, 4) is 5.75 Å². The molecule has 1 aromatic carbocycles. The largest absolute Gasteiger partial charge is 0.491 e. The van der Waals surface area contributed by atoms with Crippen molar-refractivity contribution in [2.24, 2.45) is 0 Å². The zero-order valence-corrected chi connectivity index (χ0v) is 13.8. The molecule has 21 heavy (non-hydrogen) atoms. The molecule has 0 fully saturated rings. The highest BCUT2D eigenvalue weighted by Crippen LogP contribution is 2.17. The maximum absolute atomic E-state index is 11.1. The second-order valence-corrected chi connectivity index (χ2v) is 5.45. The highest BCUT2D eigenvalue weighted by atomic mass is 79.9. The van der Waals surface area contributed by atoms with E-state index in [4.69, 9.17) is 9.47 Å². The summed E-state index contributed by atoms with van der Waals surface area (Å²) in [5.41, 5.74) is 0. The van der Waals surface area contributed by atoms with Crippen LogP contribution in [0.2, 0.25) is 0 Å². The van der Waals surface area contributed by atoms with Crippen LogP contribution in [0.5, 0.6) is 5.75 Å². The van der Waals surface area contributed by atoms with Gasteiger partial charge in [0.2, 0.25) is 0 Å². The van der Waals surface area contributed by atoms with Crippen molar-refractivity contribution in [1.82, 2.24) is 5.32 Å². The van der Waals surface area contributed by atoms with Gasteiger partial charge in [-0.25, -0.2) is 0 Å². The summed E-state index contributed by atoms with van der Waals surface area (Å²) in [6.07, 6.45) is 0.496. The molecule has 1 aromatic rings. The van der Waals surface area contributed by atoms with E-state index in [1.165, 1.54) is 0 Å². The van der Waals surface area contributed by atoms with E-state index in [-0.39, 0.29) is 12.6 Å². The summed E-state index contributed by atoms with van der Waals surface area (Å²) in [6.45, 7) is 3.51. The Bertz CT molecular complexity index is 428. The smallest absolute Gasteiger partial charge is 0.305 e. The minimum atomic E-state index is -0.591. The Morgan fingerprint density at radius 1 is 1.48 bits per heavy atom. The summed E-state index contributed by atoms with van der Waals surface area (Å²) in [7, 11) is 0. The number of carbonyl (C=O) groups excluding carboxylic acids is 1. The predicted octanol–water partition coefficient (Wildman–Crippen LogP) is 2.12. The van der Waals surface area contributed by atoms with Crippen molar-refractivity contribution in [3.63, 3.8) is 0 Å². The highest BCUT2D eigenvalue weighted by Gasteiger charge is 2.06. The predicted molar refractivity (Wildman–Crippen MR) is 84.4 cm³/mol. The standard InChI is InChI=1S/C15H22BrNO4/c1-2-20-15(19)7-4-8-17-10-13(18)11-21-14-6-3-5-12(16)9-14/h3,5-6,9,13,17-18H,2,4,7-8,10-11H2,1H3. The fourth-order valence-electron chi connectivity index (χ4n) is 1.67. The summed E-state index contributed by atoms with van der Waals surface area (Å²) >= 11 is 3.36. The molecule has 6 heteroatoms. The molecule has 118 valence electrons. The van der Waals surface area contributed by atoms with Gasteiger partial charge < -0.3 is 19.9 Å². The van der Waals surface area contributed by atoms with Crippen LogP contribution in [0.25, 0.3) is 0 Å². The molecule has 0 radical (unpaired) electrons. The van der Waals surface area contributed by atoms with E-state index >= 15 is 0 Å². The van der Waals surface area contributed by atoms with E-state index in [0.717, 1.165) is 4.47 Å². The number of aliphatic hydroxyl groups excluding tert-OH is 1. The normalized spacial score (nSPS) is 12.0. The number of halogens is 1. The molecule has 0 aromatic heterocycles. The van der Waals surface area contributed by atoms with Gasteiger partial charge in [0.05, 0.1) is 6.61 Å². The molecule has 1 atom stereocenters. The Hall–Kier alpha value is -1.11.